The Bertz CT molecular complexity index is 1070. The summed E-state index contributed by atoms with van der Waals surface area (Å²) < 4.78 is 11.0. The highest BCUT2D eigenvalue weighted by Crippen LogP contribution is 2.30. The zero-order chi connectivity index (χ0) is 20.1. The van der Waals surface area contributed by atoms with E-state index in [2.05, 4.69) is 29.6 Å². The lowest BCUT2D eigenvalue weighted by Gasteiger charge is -2.09. The van der Waals surface area contributed by atoms with E-state index in [1.54, 1.807) is 24.3 Å². The first kappa shape index (κ1) is 18.6. The van der Waals surface area contributed by atoms with Gasteiger partial charge in [-0.05, 0) is 46.5 Å². The fourth-order valence-electron chi connectivity index (χ4n) is 3.26. The van der Waals surface area contributed by atoms with Crippen molar-refractivity contribution in [1.29, 1.82) is 5.26 Å². The van der Waals surface area contributed by atoms with Crippen molar-refractivity contribution in [2.24, 2.45) is 0 Å². The standard InChI is InChI=1S/C24H20N2O3/c25-14-21-3-1-2-4-22(21)29-16-24(27)26-15-17-5-7-18(8-6-17)19-9-10-23-20(13-19)11-12-28-23/h1-10,13H,11-12,15-16H2,(H,26,27). The minimum absolute atomic E-state index is 0.131. The molecule has 0 saturated heterocycles. The van der Waals surface area contributed by atoms with Gasteiger partial charge < -0.3 is 14.8 Å². The monoisotopic (exact) mass is 384 g/mol. The Morgan fingerprint density at radius 2 is 1.86 bits per heavy atom. The van der Waals surface area contributed by atoms with Gasteiger partial charge in [0.25, 0.3) is 5.91 Å². The van der Waals surface area contributed by atoms with Gasteiger partial charge in [-0.1, -0.05) is 42.5 Å². The molecule has 0 spiro atoms. The van der Waals surface area contributed by atoms with Crippen LogP contribution in [0.15, 0.2) is 66.7 Å². The third-order valence-electron chi connectivity index (χ3n) is 4.83. The van der Waals surface area contributed by atoms with Gasteiger partial charge in [0.2, 0.25) is 0 Å². The molecule has 0 unspecified atom stereocenters. The van der Waals surface area contributed by atoms with Gasteiger partial charge in [-0.2, -0.15) is 5.26 Å². The van der Waals surface area contributed by atoms with Crippen molar-refractivity contribution >= 4 is 5.91 Å². The topological polar surface area (TPSA) is 71.3 Å². The summed E-state index contributed by atoms with van der Waals surface area (Å²) in [5.74, 6) is 1.15. The van der Waals surface area contributed by atoms with Crippen LogP contribution in [0.3, 0.4) is 0 Å². The van der Waals surface area contributed by atoms with Crippen LogP contribution in [0.5, 0.6) is 11.5 Å². The molecule has 5 nitrogen and oxygen atoms in total. The molecular formula is C24H20N2O3. The van der Waals surface area contributed by atoms with E-state index in [-0.39, 0.29) is 12.5 Å². The maximum Gasteiger partial charge on any atom is 0.258 e. The molecule has 4 rings (SSSR count). The highest BCUT2D eigenvalue weighted by atomic mass is 16.5. The van der Waals surface area contributed by atoms with Crippen molar-refractivity contribution in [1.82, 2.24) is 5.32 Å². The molecule has 0 fully saturated rings. The molecule has 0 radical (unpaired) electrons. The highest BCUT2D eigenvalue weighted by Gasteiger charge is 2.12. The number of hydrogen-bond donors (Lipinski definition) is 1. The van der Waals surface area contributed by atoms with Gasteiger partial charge in [-0.15, -0.1) is 0 Å². The van der Waals surface area contributed by atoms with E-state index in [1.807, 2.05) is 24.3 Å². The minimum Gasteiger partial charge on any atom is -0.493 e. The molecule has 3 aromatic carbocycles. The molecule has 1 N–H and O–H groups in total. The van der Waals surface area contributed by atoms with Gasteiger partial charge in [0.05, 0.1) is 12.2 Å². The number of amides is 1. The van der Waals surface area contributed by atoms with Crippen molar-refractivity contribution in [3.05, 3.63) is 83.4 Å². The Labute approximate surface area is 169 Å². The van der Waals surface area contributed by atoms with Gasteiger partial charge >= 0.3 is 0 Å². The fraction of sp³-hybridized carbons (Fsp3) is 0.167. The predicted octanol–water partition coefficient (Wildman–Crippen LogP) is 3.86. The number of fused-ring (bicyclic) bond motifs is 1. The fourth-order valence-corrected chi connectivity index (χ4v) is 3.26. The summed E-state index contributed by atoms with van der Waals surface area (Å²) in [5, 5.41) is 11.9. The number of nitriles is 1. The van der Waals surface area contributed by atoms with E-state index in [0.29, 0.717) is 17.9 Å². The number of carbonyl (C=O) groups excluding carboxylic acids is 1. The average molecular weight is 384 g/mol. The van der Waals surface area contributed by atoms with Crippen molar-refractivity contribution in [3.8, 4) is 28.7 Å². The number of rotatable bonds is 6. The van der Waals surface area contributed by atoms with Crippen LogP contribution in [0, 0.1) is 11.3 Å². The normalized spacial score (nSPS) is 11.8. The lowest BCUT2D eigenvalue weighted by Crippen LogP contribution is -2.28. The second kappa shape index (κ2) is 8.49. The maximum absolute atomic E-state index is 12.1. The molecule has 1 aliphatic heterocycles. The molecule has 5 heteroatoms. The van der Waals surface area contributed by atoms with Crippen molar-refractivity contribution in [2.75, 3.05) is 13.2 Å². The van der Waals surface area contributed by atoms with Gasteiger partial charge in [0.1, 0.15) is 17.6 Å². The van der Waals surface area contributed by atoms with E-state index in [1.165, 1.54) is 5.56 Å². The summed E-state index contributed by atoms with van der Waals surface area (Å²) in [4.78, 5) is 12.1. The summed E-state index contributed by atoms with van der Waals surface area (Å²) in [6, 6.07) is 23.3. The van der Waals surface area contributed by atoms with Crippen LogP contribution in [-0.4, -0.2) is 19.1 Å². The first-order valence-corrected chi connectivity index (χ1v) is 9.46. The second-order valence-corrected chi connectivity index (χ2v) is 6.79. The van der Waals surface area contributed by atoms with Crippen LogP contribution >= 0.6 is 0 Å². The smallest absolute Gasteiger partial charge is 0.258 e. The van der Waals surface area contributed by atoms with Gasteiger partial charge in [-0.3, -0.25) is 4.79 Å². The van der Waals surface area contributed by atoms with Gasteiger partial charge in [0, 0.05) is 13.0 Å². The summed E-state index contributed by atoms with van der Waals surface area (Å²) >= 11 is 0. The van der Waals surface area contributed by atoms with E-state index >= 15 is 0 Å². The highest BCUT2D eigenvalue weighted by molar-refractivity contribution is 5.77. The van der Waals surface area contributed by atoms with Crippen LogP contribution in [0.2, 0.25) is 0 Å². The summed E-state index contributed by atoms with van der Waals surface area (Å²) in [7, 11) is 0. The van der Waals surface area contributed by atoms with E-state index in [0.717, 1.165) is 35.5 Å². The summed E-state index contributed by atoms with van der Waals surface area (Å²) in [6.07, 6.45) is 0.953. The zero-order valence-corrected chi connectivity index (χ0v) is 15.9. The van der Waals surface area contributed by atoms with Crippen molar-refractivity contribution in [3.63, 3.8) is 0 Å². The second-order valence-electron chi connectivity index (χ2n) is 6.79. The van der Waals surface area contributed by atoms with E-state index in [9.17, 15) is 4.79 Å². The third-order valence-corrected chi connectivity index (χ3v) is 4.83. The Morgan fingerprint density at radius 1 is 1.07 bits per heavy atom. The number of hydrogen-bond acceptors (Lipinski definition) is 4. The largest absolute Gasteiger partial charge is 0.493 e. The van der Waals surface area contributed by atoms with Crippen LogP contribution in [0.1, 0.15) is 16.7 Å². The Hall–Kier alpha value is -3.78. The molecular weight excluding hydrogens is 364 g/mol. The Morgan fingerprint density at radius 3 is 2.69 bits per heavy atom. The molecule has 0 atom stereocenters. The minimum atomic E-state index is -0.236. The van der Waals surface area contributed by atoms with E-state index < -0.39 is 0 Å². The molecule has 1 amide bonds. The Kier molecular flexibility index (Phi) is 5.44. The molecule has 29 heavy (non-hydrogen) atoms. The molecule has 1 aliphatic rings. The van der Waals surface area contributed by atoms with Crippen LogP contribution < -0.4 is 14.8 Å². The maximum atomic E-state index is 12.1. The molecule has 0 bridgehead atoms. The van der Waals surface area contributed by atoms with Crippen LogP contribution in [0.4, 0.5) is 0 Å². The molecule has 0 aromatic heterocycles. The molecule has 1 heterocycles. The van der Waals surface area contributed by atoms with E-state index in [4.69, 9.17) is 14.7 Å². The average Bonchev–Trinajstić information content (AvgIpc) is 3.24. The molecule has 0 aliphatic carbocycles. The SMILES string of the molecule is N#Cc1ccccc1OCC(=O)NCc1ccc(-c2ccc3c(c2)CCO3)cc1. The lowest BCUT2D eigenvalue weighted by atomic mass is 10.0. The number of benzene rings is 3. The molecule has 144 valence electrons. The van der Waals surface area contributed by atoms with Crippen LogP contribution in [-0.2, 0) is 17.8 Å². The predicted molar refractivity (Wildman–Crippen MR) is 110 cm³/mol. The summed E-state index contributed by atoms with van der Waals surface area (Å²) in [6.45, 7) is 1.04. The first-order valence-electron chi connectivity index (χ1n) is 9.46. The third kappa shape index (κ3) is 4.39. The Balaban J connectivity index is 1.31. The number of nitrogens with zero attached hydrogens (tertiary/aromatic N) is 1. The number of nitrogens with one attached hydrogen (secondary N) is 1. The number of para-hydroxylation sites is 1. The molecule has 3 aromatic rings. The van der Waals surface area contributed by atoms with Crippen molar-refractivity contribution < 1.29 is 14.3 Å². The molecule has 0 saturated carbocycles. The van der Waals surface area contributed by atoms with Gasteiger partial charge in [-0.25, -0.2) is 0 Å². The van der Waals surface area contributed by atoms with Crippen molar-refractivity contribution in [2.45, 2.75) is 13.0 Å². The quantitative estimate of drug-likeness (QED) is 0.701. The first-order chi connectivity index (χ1) is 14.2. The summed E-state index contributed by atoms with van der Waals surface area (Å²) in [5.41, 5.74) is 4.95. The lowest BCUT2D eigenvalue weighted by molar-refractivity contribution is -0.123. The van der Waals surface area contributed by atoms with Gasteiger partial charge in [0.15, 0.2) is 6.61 Å². The number of carbonyl (C=O) groups is 1. The van der Waals surface area contributed by atoms with Crippen LogP contribution in [0.25, 0.3) is 11.1 Å². The number of ether oxygens (including phenoxy) is 2. The zero-order valence-electron chi connectivity index (χ0n) is 15.9.